The molecule has 0 radical (unpaired) electrons. The highest BCUT2D eigenvalue weighted by atomic mass is 16.2. The third kappa shape index (κ3) is 4.81. The molecule has 0 aliphatic carbocycles. The van der Waals surface area contributed by atoms with Crippen molar-refractivity contribution in [1.29, 1.82) is 0 Å². The molecule has 1 aromatic heterocycles. The first-order valence-electron chi connectivity index (χ1n) is 6.98. The number of hydrogen-bond acceptors (Lipinski definition) is 3. The molecule has 0 aliphatic rings. The predicted octanol–water partition coefficient (Wildman–Crippen LogP) is 1.82. The third-order valence-corrected chi connectivity index (χ3v) is 3.11. The van der Waals surface area contributed by atoms with Gasteiger partial charge in [-0.3, -0.25) is 9.59 Å². The second kappa shape index (κ2) is 6.70. The first-order chi connectivity index (χ1) is 9.26. The number of rotatable bonds is 5. The topological polar surface area (TPSA) is 77.1 Å². The van der Waals surface area contributed by atoms with Crippen LogP contribution in [0.15, 0.2) is 23.1 Å². The van der Waals surface area contributed by atoms with Gasteiger partial charge in [0.1, 0.15) is 0 Å². The maximum absolute atomic E-state index is 12.2. The van der Waals surface area contributed by atoms with Crippen molar-refractivity contribution < 1.29 is 4.79 Å². The van der Waals surface area contributed by atoms with Gasteiger partial charge in [0, 0.05) is 25.4 Å². The van der Waals surface area contributed by atoms with E-state index in [-0.39, 0.29) is 22.8 Å². The number of hydrogen-bond donors (Lipinski definition) is 2. The zero-order valence-electron chi connectivity index (χ0n) is 12.8. The second-order valence-corrected chi connectivity index (χ2v) is 6.23. The van der Waals surface area contributed by atoms with E-state index < -0.39 is 0 Å². The van der Waals surface area contributed by atoms with Crippen molar-refractivity contribution in [3.63, 3.8) is 0 Å². The number of amides is 1. The first kappa shape index (κ1) is 16.4. The molecule has 0 spiro atoms. The Balaban J connectivity index is 2.81. The van der Waals surface area contributed by atoms with Gasteiger partial charge in [-0.2, -0.15) is 0 Å². The maximum Gasteiger partial charge on any atom is 0.250 e. The van der Waals surface area contributed by atoms with Crippen LogP contribution in [0.25, 0.3) is 0 Å². The molecule has 3 N–H and O–H groups in total. The summed E-state index contributed by atoms with van der Waals surface area (Å²) in [5.41, 5.74) is 6.30. The van der Waals surface area contributed by atoms with Gasteiger partial charge in [-0.15, -0.1) is 0 Å². The van der Waals surface area contributed by atoms with Crippen molar-refractivity contribution in [2.24, 2.45) is 17.1 Å². The van der Waals surface area contributed by atoms with Crippen LogP contribution in [-0.2, 0) is 11.3 Å². The van der Waals surface area contributed by atoms with Crippen LogP contribution in [0.4, 0.5) is 5.69 Å². The van der Waals surface area contributed by atoms with E-state index in [9.17, 15) is 9.59 Å². The van der Waals surface area contributed by atoms with E-state index in [1.165, 1.54) is 6.07 Å². The SMILES string of the molecule is CCn1cc(NC(=O)C(CN)CC(C)(C)C)ccc1=O. The fourth-order valence-electron chi connectivity index (χ4n) is 2.12. The zero-order valence-corrected chi connectivity index (χ0v) is 12.8. The molecule has 1 heterocycles. The highest BCUT2D eigenvalue weighted by Crippen LogP contribution is 2.24. The summed E-state index contributed by atoms with van der Waals surface area (Å²) in [4.78, 5) is 23.7. The molecule has 1 rings (SSSR count). The maximum atomic E-state index is 12.2. The standard InChI is InChI=1S/C15H25N3O2/c1-5-18-10-12(6-7-13(18)19)17-14(20)11(9-16)8-15(2,3)4/h6-7,10-11H,5,8-9,16H2,1-4H3,(H,17,20). The lowest BCUT2D eigenvalue weighted by atomic mass is 9.84. The molecule has 20 heavy (non-hydrogen) atoms. The molecular weight excluding hydrogens is 254 g/mol. The minimum Gasteiger partial charge on any atom is -0.330 e. The Morgan fingerprint density at radius 2 is 2.05 bits per heavy atom. The summed E-state index contributed by atoms with van der Waals surface area (Å²) in [6.45, 7) is 9.03. The molecule has 0 saturated carbocycles. The summed E-state index contributed by atoms with van der Waals surface area (Å²) >= 11 is 0. The van der Waals surface area contributed by atoms with Gasteiger partial charge >= 0.3 is 0 Å². The van der Waals surface area contributed by atoms with Crippen molar-refractivity contribution in [3.8, 4) is 0 Å². The smallest absolute Gasteiger partial charge is 0.250 e. The van der Waals surface area contributed by atoms with Crippen molar-refractivity contribution in [2.75, 3.05) is 11.9 Å². The van der Waals surface area contributed by atoms with Gasteiger partial charge in [0.05, 0.1) is 11.6 Å². The summed E-state index contributed by atoms with van der Waals surface area (Å²) in [5.74, 6) is -0.319. The minimum absolute atomic E-state index is 0.0452. The number of carbonyl (C=O) groups is 1. The van der Waals surface area contributed by atoms with Crippen molar-refractivity contribution >= 4 is 11.6 Å². The van der Waals surface area contributed by atoms with Crippen molar-refractivity contribution in [1.82, 2.24) is 4.57 Å². The van der Waals surface area contributed by atoms with Gasteiger partial charge in [0.2, 0.25) is 5.91 Å². The fraction of sp³-hybridized carbons (Fsp3) is 0.600. The highest BCUT2D eigenvalue weighted by molar-refractivity contribution is 5.92. The summed E-state index contributed by atoms with van der Waals surface area (Å²) in [6.07, 6.45) is 2.38. The normalized spacial score (nSPS) is 13.1. The molecule has 1 aromatic rings. The minimum atomic E-state index is -0.225. The largest absolute Gasteiger partial charge is 0.330 e. The average molecular weight is 279 g/mol. The Hall–Kier alpha value is -1.62. The van der Waals surface area contributed by atoms with Crippen LogP contribution in [0.5, 0.6) is 0 Å². The Morgan fingerprint density at radius 3 is 2.55 bits per heavy atom. The Bertz CT molecular complexity index is 515. The molecule has 0 aliphatic heterocycles. The summed E-state index contributed by atoms with van der Waals surface area (Å²) < 4.78 is 1.55. The van der Waals surface area contributed by atoms with E-state index in [1.807, 2.05) is 6.92 Å². The molecule has 1 atom stereocenters. The molecule has 0 aromatic carbocycles. The van der Waals surface area contributed by atoms with Crippen LogP contribution in [0.2, 0.25) is 0 Å². The number of anilines is 1. The number of nitrogens with zero attached hydrogens (tertiary/aromatic N) is 1. The monoisotopic (exact) mass is 279 g/mol. The Morgan fingerprint density at radius 1 is 1.40 bits per heavy atom. The van der Waals surface area contributed by atoms with Gasteiger partial charge in [-0.05, 0) is 24.8 Å². The quantitative estimate of drug-likeness (QED) is 0.863. The fourth-order valence-corrected chi connectivity index (χ4v) is 2.12. The molecule has 1 unspecified atom stereocenters. The molecular formula is C15H25N3O2. The highest BCUT2D eigenvalue weighted by Gasteiger charge is 2.23. The molecule has 0 saturated heterocycles. The summed E-state index contributed by atoms with van der Waals surface area (Å²) in [7, 11) is 0. The Kier molecular flexibility index (Phi) is 5.51. The zero-order chi connectivity index (χ0) is 15.3. The van der Waals surface area contributed by atoms with Crippen LogP contribution >= 0.6 is 0 Å². The molecule has 5 heteroatoms. The van der Waals surface area contributed by atoms with Crippen molar-refractivity contribution in [3.05, 3.63) is 28.7 Å². The van der Waals surface area contributed by atoms with E-state index >= 15 is 0 Å². The molecule has 1 amide bonds. The lowest BCUT2D eigenvalue weighted by Gasteiger charge is -2.24. The second-order valence-electron chi connectivity index (χ2n) is 6.23. The van der Waals surface area contributed by atoms with Crippen LogP contribution in [-0.4, -0.2) is 17.0 Å². The lowest BCUT2D eigenvalue weighted by Crippen LogP contribution is -2.32. The third-order valence-electron chi connectivity index (χ3n) is 3.11. The van der Waals surface area contributed by atoms with Crippen LogP contribution < -0.4 is 16.6 Å². The van der Waals surface area contributed by atoms with E-state index in [0.717, 1.165) is 6.42 Å². The molecule has 112 valence electrons. The Labute approximate surface area is 120 Å². The van der Waals surface area contributed by atoms with Crippen LogP contribution in [0.3, 0.4) is 0 Å². The van der Waals surface area contributed by atoms with Gasteiger partial charge in [0.25, 0.3) is 5.56 Å². The number of carbonyl (C=O) groups excluding carboxylic acids is 1. The van der Waals surface area contributed by atoms with Gasteiger partial charge in [0.15, 0.2) is 0 Å². The van der Waals surface area contributed by atoms with Crippen molar-refractivity contribution in [2.45, 2.75) is 40.7 Å². The van der Waals surface area contributed by atoms with Gasteiger partial charge in [-0.1, -0.05) is 20.8 Å². The molecule has 0 fully saturated rings. The average Bonchev–Trinajstić information content (AvgIpc) is 2.37. The van der Waals surface area contributed by atoms with Gasteiger partial charge in [-0.25, -0.2) is 0 Å². The lowest BCUT2D eigenvalue weighted by molar-refractivity contribution is -0.120. The number of nitrogens with two attached hydrogens (primary N) is 1. The van der Waals surface area contributed by atoms with Crippen LogP contribution in [0.1, 0.15) is 34.1 Å². The predicted molar refractivity (Wildman–Crippen MR) is 81.6 cm³/mol. The molecule has 5 nitrogen and oxygen atoms in total. The first-order valence-corrected chi connectivity index (χ1v) is 6.98. The summed E-state index contributed by atoms with van der Waals surface area (Å²) in [6, 6.07) is 3.08. The van der Waals surface area contributed by atoms with E-state index in [1.54, 1.807) is 16.8 Å². The number of aromatic nitrogens is 1. The van der Waals surface area contributed by atoms with E-state index in [0.29, 0.717) is 18.8 Å². The van der Waals surface area contributed by atoms with E-state index in [4.69, 9.17) is 5.73 Å². The van der Waals surface area contributed by atoms with Crippen LogP contribution in [0, 0.1) is 11.3 Å². The number of nitrogens with one attached hydrogen (secondary N) is 1. The van der Waals surface area contributed by atoms with E-state index in [2.05, 4.69) is 26.1 Å². The number of pyridine rings is 1. The summed E-state index contributed by atoms with van der Waals surface area (Å²) in [5, 5.41) is 2.84. The molecule has 0 bridgehead atoms. The van der Waals surface area contributed by atoms with Gasteiger partial charge < -0.3 is 15.6 Å². The number of aryl methyl sites for hydroxylation is 1.